The standard InChI is InChI=1S/C16H18N2O2/c1-12-4-6-13(7-5-12)16(8-9-16)18-15(19)17-11-14-3-2-10-20-14/h2-7,10H,8-9,11H2,1H3,(H2,17,18,19). The second-order valence-electron chi connectivity index (χ2n) is 5.34. The number of hydrogen-bond donors (Lipinski definition) is 2. The van der Waals surface area contributed by atoms with Gasteiger partial charge in [0.2, 0.25) is 0 Å². The van der Waals surface area contributed by atoms with Gasteiger partial charge in [-0.15, -0.1) is 0 Å². The highest BCUT2D eigenvalue weighted by Crippen LogP contribution is 2.45. The van der Waals surface area contributed by atoms with Crippen LogP contribution in [0.25, 0.3) is 0 Å². The van der Waals surface area contributed by atoms with Crippen LogP contribution in [0, 0.1) is 6.92 Å². The van der Waals surface area contributed by atoms with Gasteiger partial charge in [-0.2, -0.15) is 0 Å². The Labute approximate surface area is 118 Å². The number of rotatable bonds is 4. The van der Waals surface area contributed by atoms with Gasteiger partial charge in [-0.3, -0.25) is 0 Å². The van der Waals surface area contributed by atoms with Gasteiger partial charge in [0.15, 0.2) is 0 Å². The monoisotopic (exact) mass is 270 g/mol. The topological polar surface area (TPSA) is 54.3 Å². The molecule has 1 heterocycles. The van der Waals surface area contributed by atoms with Gasteiger partial charge in [0.1, 0.15) is 5.76 Å². The lowest BCUT2D eigenvalue weighted by molar-refractivity contribution is 0.234. The minimum atomic E-state index is -0.180. The van der Waals surface area contributed by atoms with E-state index in [9.17, 15) is 4.79 Å². The average Bonchev–Trinajstić information content (AvgIpc) is 3.03. The summed E-state index contributed by atoms with van der Waals surface area (Å²) in [6, 6.07) is 11.8. The molecule has 2 N–H and O–H groups in total. The number of amides is 2. The molecule has 3 rings (SSSR count). The second kappa shape index (κ2) is 5.04. The maximum absolute atomic E-state index is 12.0. The summed E-state index contributed by atoms with van der Waals surface area (Å²) < 4.78 is 5.18. The van der Waals surface area contributed by atoms with E-state index in [1.54, 1.807) is 6.26 Å². The van der Waals surface area contributed by atoms with Gasteiger partial charge in [0.25, 0.3) is 0 Å². The number of carbonyl (C=O) groups is 1. The first-order valence-corrected chi connectivity index (χ1v) is 6.83. The molecule has 0 saturated heterocycles. The first kappa shape index (κ1) is 12.8. The van der Waals surface area contributed by atoms with E-state index in [0.717, 1.165) is 18.6 Å². The fraction of sp³-hybridized carbons (Fsp3) is 0.312. The van der Waals surface area contributed by atoms with Crippen LogP contribution in [0.2, 0.25) is 0 Å². The predicted molar refractivity (Wildman–Crippen MR) is 76.2 cm³/mol. The highest BCUT2D eigenvalue weighted by atomic mass is 16.3. The van der Waals surface area contributed by atoms with Crippen molar-refractivity contribution in [3.8, 4) is 0 Å². The smallest absolute Gasteiger partial charge is 0.315 e. The predicted octanol–water partition coefficient (Wildman–Crippen LogP) is 3.08. The Morgan fingerprint density at radius 1 is 1.25 bits per heavy atom. The van der Waals surface area contributed by atoms with Crippen molar-refractivity contribution in [1.29, 1.82) is 0 Å². The van der Waals surface area contributed by atoms with Crippen LogP contribution in [-0.4, -0.2) is 6.03 Å². The van der Waals surface area contributed by atoms with Crippen molar-refractivity contribution in [1.82, 2.24) is 10.6 Å². The SMILES string of the molecule is Cc1ccc(C2(NC(=O)NCc3ccco3)CC2)cc1. The van der Waals surface area contributed by atoms with Gasteiger partial charge in [0, 0.05) is 0 Å². The first-order valence-electron chi connectivity index (χ1n) is 6.83. The van der Waals surface area contributed by atoms with Crippen LogP contribution in [0.5, 0.6) is 0 Å². The number of urea groups is 1. The summed E-state index contributed by atoms with van der Waals surface area (Å²) in [7, 11) is 0. The molecule has 0 bridgehead atoms. The van der Waals surface area contributed by atoms with E-state index >= 15 is 0 Å². The summed E-state index contributed by atoms with van der Waals surface area (Å²) in [5, 5.41) is 5.89. The number of nitrogens with one attached hydrogen (secondary N) is 2. The van der Waals surface area contributed by atoms with Crippen LogP contribution >= 0.6 is 0 Å². The second-order valence-corrected chi connectivity index (χ2v) is 5.34. The maximum Gasteiger partial charge on any atom is 0.315 e. The molecule has 1 aliphatic rings. The number of benzene rings is 1. The van der Waals surface area contributed by atoms with E-state index in [1.807, 2.05) is 12.1 Å². The Kier molecular flexibility index (Phi) is 3.22. The fourth-order valence-corrected chi connectivity index (χ4v) is 2.33. The summed E-state index contributed by atoms with van der Waals surface area (Å²) in [5.41, 5.74) is 2.23. The normalized spacial score (nSPS) is 15.7. The molecule has 1 aliphatic carbocycles. The number of furan rings is 1. The van der Waals surface area contributed by atoms with Gasteiger partial charge in [0.05, 0.1) is 18.3 Å². The Hall–Kier alpha value is -2.23. The number of carbonyl (C=O) groups excluding carboxylic acids is 1. The van der Waals surface area contributed by atoms with E-state index in [4.69, 9.17) is 4.42 Å². The third-order valence-electron chi connectivity index (χ3n) is 3.71. The molecule has 2 amide bonds. The van der Waals surface area contributed by atoms with Crippen molar-refractivity contribution >= 4 is 6.03 Å². The summed E-state index contributed by atoms with van der Waals surface area (Å²) in [6.07, 6.45) is 3.58. The van der Waals surface area contributed by atoms with Crippen molar-refractivity contribution < 1.29 is 9.21 Å². The van der Waals surface area contributed by atoms with E-state index < -0.39 is 0 Å². The zero-order valence-electron chi connectivity index (χ0n) is 11.5. The van der Waals surface area contributed by atoms with Crippen LogP contribution in [-0.2, 0) is 12.1 Å². The van der Waals surface area contributed by atoms with Crippen molar-refractivity contribution in [3.05, 3.63) is 59.5 Å². The lowest BCUT2D eigenvalue weighted by Gasteiger charge is -2.18. The average molecular weight is 270 g/mol. The number of aryl methyl sites for hydroxylation is 1. The highest BCUT2D eigenvalue weighted by Gasteiger charge is 2.45. The lowest BCUT2D eigenvalue weighted by atomic mass is 10.0. The lowest BCUT2D eigenvalue weighted by Crippen LogP contribution is -2.41. The first-order chi connectivity index (χ1) is 9.68. The van der Waals surface area contributed by atoms with E-state index in [1.165, 1.54) is 11.1 Å². The molecule has 1 aromatic carbocycles. The molecule has 0 radical (unpaired) electrons. The third-order valence-corrected chi connectivity index (χ3v) is 3.71. The van der Waals surface area contributed by atoms with E-state index in [2.05, 4.69) is 41.8 Å². The minimum Gasteiger partial charge on any atom is -0.467 e. The zero-order valence-corrected chi connectivity index (χ0v) is 11.5. The van der Waals surface area contributed by atoms with Crippen LogP contribution in [0.1, 0.15) is 29.7 Å². The van der Waals surface area contributed by atoms with Gasteiger partial charge in [-0.1, -0.05) is 29.8 Å². The fourth-order valence-electron chi connectivity index (χ4n) is 2.33. The largest absolute Gasteiger partial charge is 0.467 e. The molecule has 104 valence electrons. The van der Waals surface area contributed by atoms with Crippen molar-refractivity contribution in [3.63, 3.8) is 0 Å². The molecule has 1 saturated carbocycles. The number of hydrogen-bond acceptors (Lipinski definition) is 2. The molecule has 0 unspecified atom stereocenters. The molecular formula is C16H18N2O2. The van der Waals surface area contributed by atoms with Crippen LogP contribution in [0.15, 0.2) is 47.1 Å². The van der Waals surface area contributed by atoms with Crippen molar-refractivity contribution in [2.75, 3.05) is 0 Å². The quantitative estimate of drug-likeness (QED) is 0.897. The Morgan fingerprint density at radius 3 is 2.60 bits per heavy atom. The Balaban J connectivity index is 1.59. The summed E-state index contributed by atoms with van der Waals surface area (Å²) in [6.45, 7) is 2.47. The Bertz CT molecular complexity index is 583. The third kappa shape index (κ3) is 2.69. The molecule has 20 heavy (non-hydrogen) atoms. The molecule has 2 aromatic rings. The zero-order chi connectivity index (χ0) is 14.0. The van der Waals surface area contributed by atoms with Gasteiger partial charge in [-0.05, 0) is 37.5 Å². The van der Waals surface area contributed by atoms with E-state index in [-0.39, 0.29) is 11.6 Å². The Morgan fingerprint density at radius 2 is 2.00 bits per heavy atom. The summed E-state index contributed by atoms with van der Waals surface area (Å²) >= 11 is 0. The molecule has 0 aliphatic heterocycles. The van der Waals surface area contributed by atoms with Crippen LogP contribution in [0.3, 0.4) is 0 Å². The molecule has 4 heteroatoms. The van der Waals surface area contributed by atoms with Gasteiger partial charge >= 0.3 is 6.03 Å². The maximum atomic E-state index is 12.0. The van der Waals surface area contributed by atoms with Crippen LogP contribution < -0.4 is 10.6 Å². The molecule has 1 fully saturated rings. The van der Waals surface area contributed by atoms with Crippen LogP contribution in [0.4, 0.5) is 4.79 Å². The molecule has 4 nitrogen and oxygen atoms in total. The minimum absolute atomic E-state index is 0.153. The highest BCUT2D eigenvalue weighted by molar-refractivity contribution is 5.75. The van der Waals surface area contributed by atoms with Gasteiger partial charge < -0.3 is 15.1 Å². The molecular weight excluding hydrogens is 252 g/mol. The van der Waals surface area contributed by atoms with E-state index in [0.29, 0.717) is 6.54 Å². The summed E-state index contributed by atoms with van der Waals surface area (Å²) in [4.78, 5) is 12.0. The molecule has 1 aromatic heterocycles. The van der Waals surface area contributed by atoms with Crippen molar-refractivity contribution in [2.24, 2.45) is 0 Å². The summed E-state index contributed by atoms with van der Waals surface area (Å²) in [5.74, 6) is 0.750. The van der Waals surface area contributed by atoms with Crippen molar-refractivity contribution in [2.45, 2.75) is 31.8 Å². The molecule has 0 spiro atoms. The molecule has 0 atom stereocenters. The van der Waals surface area contributed by atoms with Gasteiger partial charge in [-0.25, -0.2) is 4.79 Å².